The van der Waals surface area contributed by atoms with Crippen molar-refractivity contribution in [1.82, 2.24) is 0 Å². The van der Waals surface area contributed by atoms with Crippen LogP contribution in [0.5, 0.6) is 0 Å². The van der Waals surface area contributed by atoms with E-state index in [0.29, 0.717) is 11.6 Å². The maximum atomic E-state index is 5.22. The average Bonchev–Trinajstić information content (AvgIpc) is 1.91. The van der Waals surface area contributed by atoms with Crippen molar-refractivity contribution in [2.45, 2.75) is 0 Å². The van der Waals surface area contributed by atoms with Gasteiger partial charge in [0.2, 0.25) is 5.88 Å². The lowest BCUT2D eigenvalue weighted by atomic mass is 10.5. The molecule has 1 aromatic heterocycles. The summed E-state index contributed by atoms with van der Waals surface area (Å²) < 4.78 is 4.62. The Hall–Kier alpha value is -0.830. The minimum absolute atomic E-state index is 0. The average molecular weight is 135 g/mol. The van der Waals surface area contributed by atoms with Crippen molar-refractivity contribution < 1.29 is 4.42 Å². The maximum Gasteiger partial charge on any atom is 0.213 e. The molecule has 0 aliphatic heterocycles. The number of hydrogen-bond acceptors (Lipinski definition) is 3. The first kappa shape index (κ1) is 7.17. The highest BCUT2D eigenvalue weighted by Crippen LogP contribution is 2.12. The van der Waals surface area contributed by atoms with E-state index in [4.69, 9.17) is 11.5 Å². The summed E-state index contributed by atoms with van der Waals surface area (Å²) in [6.07, 6.45) is 1.45. The number of nitrogens with two attached hydrogens (primary N) is 2. The Balaban J connectivity index is 0.000000490. The van der Waals surface area contributed by atoms with E-state index in [2.05, 4.69) is 4.42 Å². The molecular formula is C4H7ClN2O. The molecule has 46 valence electrons. The molecule has 4 N–H and O–H groups in total. The number of nitrogen functional groups attached to an aromatic ring is 2. The lowest BCUT2D eigenvalue weighted by molar-refractivity contribution is 0.588. The lowest BCUT2D eigenvalue weighted by Gasteiger charge is -1.80. The number of rotatable bonds is 0. The quantitative estimate of drug-likeness (QED) is 0.553. The van der Waals surface area contributed by atoms with E-state index in [9.17, 15) is 0 Å². The zero-order valence-corrected chi connectivity index (χ0v) is 4.94. The molecule has 0 atom stereocenters. The molecule has 0 amide bonds. The van der Waals surface area contributed by atoms with Crippen LogP contribution < -0.4 is 11.5 Å². The molecule has 0 aliphatic rings. The standard InChI is InChI=1S/C4H6N2O.ClH/c5-3-1-2-7-4(3)6;/h1-2H,5-6H2;1H. The third kappa shape index (κ3) is 1.07. The predicted molar refractivity (Wildman–Crippen MR) is 34.8 cm³/mol. The van der Waals surface area contributed by atoms with Gasteiger partial charge in [0.05, 0.1) is 12.0 Å². The van der Waals surface area contributed by atoms with Gasteiger partial charge in [0.1, 0.15) is 0 Å². The van der Waals surface area contributed by atoms with Crippen LogP contribution in [0.4, 0.5) is 11.6 Å². The van der Waals surface area contributed by atoms with Gasteiger partial charge in [-0.2, -0.15) is 0 Å². The molecule has 0 aromatic carbocycles. The molecule has 8 heavy (non-hydrogen) atoms. The SMILES string of the molecule is Cl.Nc1ccoc1N. The molecule has 0 bridgehead atoms. The van der Waals surface area contributed by atoms with Gasteiger partial charge in [-0.3, -0.25) is 0 Å². The highest BCUT2D eigenvalue weighted by Gasteiger charge is 1.90. The normalized spacial score (nSPS) is 8.00. The van der Waals surface area contributed by atoms with Crippen LogP contribution in [0.3, 0.4) is 0 Å². The van der Waals surface area contributed by atoms with Crippen LogP contribution in [-0.4, -0.2) is 0 Å². The number of hydrogen-bond donors (Lipinski definition) is 2. The van der Waals surface area contributed by atoms with Gasteiger partial charge >= 0.3 is 0 Å². The molecule has 0 spiro atoms. The first-order chi connectivity index (χ1) is 3.30. The van der Waals surface area contributed by atoms with Gasteiger partial charge in [-0.15, -0.1) is 12.4 Å². The number of furan rings is 1. The third-order valence-corrected chi connectivity index (χ3v) is 0.727. The molecule has 1 aromatic rings. The second-order valence-corrected chi connectivity index (χ2v) is 1.24. The minimum Gasteiger partial charge on any atom is -0.447 e. The molecule has 4 heteroatoms. The van der Waals surface area contributed by atoms with E-state index in [1.807, 2.05) is 0 Å². The van der Waals surface area contributed by atoms with Crippen molar-refractivity contribution in [3.05, 3.63) is 12.3 Å². The van der Waals surface area contributed by atoms with Gasteiger partial charge in [-0.05, 0) is 0 Å². The summed E-state index contributed by atoms with van der Waals surface area (Å²) in [6, 6.07) is 1.61. The number of anilines is 2. The van der Waals surface area contributed by atoms with E-state index in [1.54, 1.807) is 6.07 Å². The predicted octanol–water partition coefficient (Wildman–Crippen LogP) is 0.866. The largest absolute Gasteiger partial charge is 0.447 e. The number of halogens is 1. The van der Waals surface area contributed by atoms with E-state index < -0.39 is 0 Å². The fourth-order valence-corrected chi connectivity index (χ4v) is 0.331. The van der Waals surface area contributed by atoms with Crippen LogP contribution in [0.15, 0.2) is 16.7 Å². The van der Waals surface area contributed by atoms with E-state index >= 15 is 0 Å². The second-order valence-electron chi connectivity index (χ2n) is 1.24. The highest BCUT2D eigenvalue weighted by molar-refractivity contribution is 5.85. The molecule has 1 rings (SSSR count). The van der Waals surface area contributed by atoms with Crippen LogP contribution in [0.1, 0.15) is 0 Å². The Bertz CT molecular complexity index is 146. The molecule has 0 aliphatic carbocycles. The van der Waals surface area contributed by atoms with Crippen molar-refractivity contribution in [3.63, 3.8) is 0 Å². The van der Waals surface area contributed by atoms with Gasteiger partial charge in [-0.1, -0.05) is 0 Å². The minimum atomic E-state index is 0. The van der Waals surface area contributed by atoms with Gasteiger partial charge in [0, 0.05) is 6.07 Å². The fourth-order valence-electron chi connectivity index (χ4n) is 0.331. The Kier molecular flexibility index (Phi) is 2.21. The topological polar surface area (TPSA) is 65.2 Å². The first-order valence-electron chi connectivity index (χ1n) is 1.89. The molecule has 0 fully saturated rings. The Morgan fingerprint density at radius 2 is 2.00 bits per heavy atom. The van der Waals surface area contributed by atoms with Crippen molar-refractivity contribution in [1.29, 1.82) is 0 Å². The van der Waals surface area contributed by atoms with Crippen LogP contribution in [0.2, 0.25) is 0 Å². The highest BCUT2D eigenvalue weighted by atomic mass is 35.5. The van der Waals surface area contributed by atoms with E-state index in [0.717, 1.165) is 0 Å². The molecule has 0 saturated heterocycles. The summed E-state index contributed by atoms with van der Waals surface area (Å²) in [5.74, 6) is 0.292. The Labute approximate surface area is 53.1 Å². The molecular weight excluding hydrogens is 128 g/mol. The van der Waals surface area contributed by atoms with Gasteiger partial charge < -0.3 is 15.9 Å². The summed E-state index contributed by atoms with van der Waals surface area (Å²) >= 11 is 0. The summed E-state index contributed by atoms with van der Waals surface area (Å²) in [6.45, 7) is 0. The third-order valence-electron chi connectivity index (χ3n) is 0.727. The van der Waals surface area contributed by atoms with Gasteiger partial charge in [-0.25, -0.2) is 0 Å². The summed E-state index contributed by atoms with van der Waals surface area (Å²) in [5.41, 5.74) is 10.9. The van der Waals surface area contributed by atoms with E-state index in [1.165, 1.54) is 6.26 Å². The summed E-state index contributed by atoms with van der Waals surface area (Å²) in [5, 5.41) is 0. The van der Waals surface area contributed by atoms with Crippen molar-refractivity contribution in [3.8, 4) is 0 Å². The monoisotopic (exact) mass is 134 g/mol. The molecule has 3 nitrogen and oxygen atoms in total. The summed E-state index contributed by atoms with van der Waals surface area (Å²) in [4.78, 5) is 0. The molecule has 0 unspecified atom stereocenters. The van der Waals surface area contributed by atoms with E-state index in [-0.39, 0.29) is 12.4 Å². The zero-order valence-electron chi connectivity index (χ0n) is 4.13. The van der Waals surface area contributed by atoms with Crippen molar-refractivity contribution >= 4 is 24.0 Å². The molecule has 0 saturated carbocycles. The van der Waals surface area contributed by atoms with Crippen molar-refractivity contribution in [2.24, 2.45) is 0 Å². The molecule has 0 radical (unpaired) electrons. The smallest absolute Gasteiger partial charge is 0.213 e. The van der Waals surface area contributed by atoms with Gasteiger partial charge in [0.15, 0.2) is 0 Å². The lowest BCUT2D eigenvalue weighted by Crippen LogP contribution is -1.87. The van der Waals surface area contributed by atoms with Crippen LogP contribution >= 0.6 is 12.4 Å². The maximum absolute atomic E-state index is 5.22. The van der Waals surface area contributed by atoms with Crippen molar-refractivity contribution in [2.75, 3.05) is 11.5 Å². The Morgan fingerprint density at radius 3 is 2.12 bits per heavy atom. The fraction of sp³-hybridized carbons (Fsp3) is 0. The second kappa shape index (κ2) is 2.47. The summed E-state index contributed by atoms with van der Waals surface area (Å²) in [7, 11) is 0. The van der Waals surface area contributed by atoms with Crippen LogP contribution in [-0.2, 0) is 0 Å². The van der Waals surface area contributed by atoms with Crippen LogP contribution in [0.25, 0.3) is 0 Å². The molecule has 1 heterocycles. The van der Waals surface area contributed by atoms with Crippen LogP contribution in [0, 0.1) is 0 Å². The Morgan fingerprint density at radius 1 is 1.38 bits per heavy atom. The van der Waals surface area contributed by atoms with Gasteiger partial charge in [0.25, 0.3) is 0 Å². The zero-order chi connectivity index (χ0) is 5.28. The first-order valence-corrected chi connectivity index (χ1v) is 1.89.